The molecule has 0 aromatic heterocycles. The Morgan fingerprint density at radius 1 is 1.06 bits per heavy atom. The molecule has 1 fully saturated rings. The van der Waals surface area contributed by atoms with Gasteiger partial charge in [-0.15, -0.1) is 0 Å². The van der Waals surface area contributed by atoms with Crippen molar-refractivity contribution in [1.82, 2.24) is 9.62 Å². The lowest BCUT2D eigenvalue weighted by atomic mass is 9.99. The molecule has 1 aliphatic heterocycles. The zero-order valence-corrected chi connectivity index (χ0v) is 21.0. The number of ether oxygens (including phenoxy) is 2. The van der Waals surface area contributed by atoms with Crippen molar-refractivity contribution in [3.8, 4) is 11.5 Å². The number of amides is 1. The predicted octanol–water partition coefficient (Wildman–Crippen LogP) is 3.91. The smallest absolute Gasteiger partial charge is 0.224 e. The van der Waals surface area contributed by atoms with Crippen molar-refractivity contribution >= 4 is 39.1 Å². The Labute approximate surface area is 205 Å². The summed E-state index contributed by atoms with van der Waals surface area (Å²) in [6, 6.07) is 10.4. The van der Waals surface area contributed by atoms with E-state index in [1.54, 1.807) is 32.4 Å². The second-order valence-corrected chi connectivity index (χ2v) is 10.7. The number of carbonyl (C=O) groups is 1. The summed E-state index contributed by atoms with van der Waals surface area (Å²) in [6.45, 7) is 1.02. The first-order valence-electron chi connectivity index (χ1n) is 10.6. The molecule has 0 aliphatic carbocycles. The minimum absolute atomic E-state index is 0.134. The molecule has 1 amide bonds. The van der Waals surface area contributed by atoms with Crippen LogP contribution >= 0.6 is 23.2 Å². The molecule has 10 heteroatoms. The Morgan fingerprint density at radius 3 is 2.48 bits per heavy atom. The molecule has 7 nitrogen and oxygen atoms in total. The highest BCUT2D eigenvalue weighted by Crippen LogP contribution is 2.28. The van der Waals surface area contributed by atoms with Gasteiger partial charge in [0.05, 0.1) is 35.9 Å². The molecule has 1 atom stereocenters. The highest BCUT2D eigenvalue weighted by atomic mass is 35.5. The SMILES string of the molecule is COc1ccc(CCNC(=O)[C@H]2CCCN(S(=O)(=O)Cc3ccc(Cl)c(Cl)c3)C2)cc1OC. The molecular weight excluding hydrogens is 487 g/mol. The van der Waals surface area contributed by atoms with Gasteiger partial charge in [0.25, 0.3) is 0 Å². The Kier molecular flexibility index (Phi) is 8.87. The third-order valence-electron chi connectivity index (χ3n) is 5.64. The largest absolute Gasteiger partial charge is 0.493 e. The first-order valence-corrected chi connectivity index (χ1v) is 13.0. The second kappa shape index (κ2) is 11.4. The first-order chi connectivity index (χ1) is 15.7. The summed E-state index contributed by atoms with van der Waals surface area (Å²) < 4.78 is 37.8. The molecule has 1 aliphatic rings. The Balaban J connectivity index is 1.55. The summed E-state index contributed by atoms with van der Waals surface area (Å²) in [5, 5.41) is 3.63. The number of nitrogens with zero attached hydrogens (tertiary/aromatic N) is 1. The molecule has 0 spiro atoms. The molecule has 0 radical (unpaired) electrons. The molecule has 2 aromatic carbocycles. The van der Waals surface area contributed by atoms with E-state index in [1.807, 2.05) is 18.2 Å². The van der Waals surface area contributed by atoms with E-state index in [4.69, 9.17) is 32.7 Å². The molecule has 0 unspecified atom stereocenters. The molecule has 1 heterocycles. The number of hydrogen-bond acceptors (Lipinski definition) is 5. The van der Waals surface area contributed by atoms with Crippen LogP contribution in [0.25, 0.3) is 0 Å². The lowest BCUT2D eigenvalue weighted by Gasteiger charge is -2.31. The molecule has 0 bridgehead atoms. The van der Waals surface area contributed by atoms with E-state index in [-0.39, 0.29) is 24.1 Å². The van der Waals surface area contributed by atoms with Crippen LogP contribution in [0.1, 0.15) is 24.0 Å². The molecule has 180 valence electrons. The number of sulfonamides is 1. The minimum atomic E-state index is -3.58. The van der Waals surface area contributed by atoms with Gasteiger partial charge in [-0.25, -0.2) is 12.7 Å². The summed E-state index contributed by atoms with van der Waals surface area (Å²) in [4.78, 5) is 12.7. The quantitative estimate of drug-likeness (QED) is 0.548. The number of hydrogen-bond donors (Lipinski definition) is 1. The normalized spacial score (nSPS) is 16.9. The summed E-state index contributed by atoms with van der Waals surface area (Å²) in [5.41, 5.74) is 1.56. The van der Waals surface area contributed by atoms with Gasteiger partial charge in [0, 0.05) is 19.6 Å². The zero-order chi connectivity index (χ0) is 24.0. The van der Waals surface area contributed by atoms with Crippen molar-refractivity contribution in [2.24, 2.45) is 5.92 Å². The average Bonchev–Trinajstić information content (AvgIpc) is 2.81. The molecule has 2 aromatic rings. The Morgan fingerprint density at radius 2 is 1.79 bits per heavy atom. The van der Waals surface area contributed by atoms with Crippen molar-refractivity contribution in [2.45, 2.75) is 25.0 Å². The number of carbonyl (C=O) groups excluding carboxylic acids is 1. The maximum atomic E-state index is 12.9. The van der Waals surface area contributed by atoms with Gasteiger partial charge in [0.1, 0.15) is 0 Å². The van der Waals surface area contributed by atoms with Crippen molar-refractivity contribution < 1.29 is 22.7 Å². The van der Waals surface area contributed by atoms with Gasteiger partial charge in [-0.2, -0.15) is 0 Å². The van der Waals surface area contributed by atoms with Gasteiger partial charge in [-0.3, -0.25) is 4.79 Å². The van der Waals surface area contributed by atoms with Crippen LogP contribution < -0.4 is 14.8 Å². The number of rotatable bonds is 9. The number of piperidine rings is 1. The second-order valence-electron chi connectivity index (χ2n) is 7.93. The van der Waals surface area contributed by atoms with Crippen molar-refractivity contribution in [3.05, 3.63) is 57.6 Å². The third kappa shape index (κ3) is 6.76. The summed E-state index contributed by atoms with van der Waals surface area (Å²) in [5.74, 6) is 0.584. The summed E-state index contributed by atoms with van der Waals surface area (Å²) >= 11 is 11.9. The third-order valence-corrected chi connectivity index (χ3v) is 8.20. The van der Waals surface area contributed by atoms with Crippen LogP contribution in [0, 0.1) is 5.92 Å². The fraction of sp³-hybridized carbons (Fsp3) is 0.435. The molecule has 0 saturated carbocycles. The maximum Gasteiger partial charge on any atom is 0.224 e. The van der Waals surface area contributed by atoms with E-state index in [9.17, 15) is 13.2 Å². The van der Waals surface area contributed by atoms with Crippen LogP contribution in [0.15, 0.2) is 36.4 Å². The number of methoxy groups -OCH3 is 2. The predicted molar refractivity (Wildman–Crippen MR) is 130 cm³/mol. The zero-order valence-electron chi connectivity index (χ0n) is 18.6. The summed E-state index contributed by atoms with van der Waals surface area (Å²) in [6.07, 6.45) is 1.91. The van der Waals surface area contributed by atoms with E-state index in [0.29, 0.717) is 59.5 Å². The van der Waals surface area contributed by atoms with Crippen LogP contribution in [0.4, 0.5) is 0 Å². The van der Waals surface area contributed by atoms with Gasteiger partial charge in [-0.1, -0.05) is 35.3 Å². The van der Waals surface area contributed by atoms with Crippen LogP contribution in [0.3, 0.4) is 0 Å². The standard InChI is InChI=1S/C23H28Cl2N2O5S/c1-31-21-8-6-16(13-22(21)32-2)9-10-26-23(28)18-4-3-11-27(14-18)33(29,30)15-17-5-7-19(24)20(25)12-17/h5-8,12-13,18H,3-4,9-11,14-15H2,1-2H3,(H,26,28)/t18-/m0/s1. The van der Waals surface area contributed by atoms with Crippen LogP contribution in [-0.2, 0) is 27.0 Å². The molecular formula is C23H28Cl2N2O5S. The summed E-state index contributed by atoms with van der Waals surface area (Å²) in [7, 11) is -0.428. The van der Waals surface area contributed by atoms with E-state index in [0.717, 1.165) is 5.56 Å². The average molecular weight is 515 g/mol. The number of benzene rings is 2. The highest BCUT2D eigenvalue weighted by molar-refractivity contribution is 7.88. The number of nitrogens with one attached hydrogen (secondary N) is 1. The highest BCUT2D eigenvalue weighted by Gasteiger charge is 2.32. The van der Waals surface area contributed by atoms with E-state index >= 15 is 0 Å². The molecule has 33 heavy (non-hydrogen) atoms. The first kappa shape index (κ1) is 25.6. The van der Waals surface area contributed by atoms with Crippen molar-refractivity contribution in [3.63, 3.8) is 0 Å². The fourth-order valence-electron chi connectivity index (χ4n) is 3.85. The van der Waals surface area contributed by atoms with Crippen molar-refractivity contribution in [2.75, 3.05) is 33.9 Å². The molecule has 1 N–H and O–H groups in total. The van der Waals surface area contributed by atoms with Crippen LogP contribution in [0.2, 0.25) is 10.0 Å². The maximum absolute atomic E-state index is 12.9. The van der Waals surface area contributed by atoms with Gasteiger partial charge in [0.15, 0.2) is 11.5 Å². The fourth-order valence-corrected chi connectivity index (χ4v) is 5.77. The molecule has 1 saturated heterocycles. The lowest BCUT2D eigenvalue weighted by molar-refractivity contribution is -0.126. The molecule has 3 rings (SSSR count). The Bertz CT molecular complexity index is 1090. The van der Waals surface area contributed by atoms with Crippen LogP contribution in [0.5, 0.6) is 11.5 Å². The van der Waals surface area contributed by atoms with E-state index in [1.165, 1.54) is 4.31 Å². The van der Waals surface area contributed by atoms with Gasteiger partial charge in [0.2, 0.25) is 15.9 Å². The van der Waals surface area contributed by atoms with Crippen LogP contribution in [-0.4, -0.2) is 52.5 Å². The van der Waals surface area contributed by atoms with Gasteiger partial charge >= 0.3 is 0 Å². The monoisotopic (exact) mass is 514 g/mol. The lowest BCUT2D eigenvalue weighted by Crippen LogP contribution is -2.46. The van der Waals surface area contributed by atoms with E-state index < -0.39 is 10.0 Å². The van der Waals surface area contributed by atoms with E-state index in [2.05, 4.69) is 5.32 Å². The number of halogens is 2. The van der Waals surface area contributed by atoms with Gasteiger partial charge in [-0.05, 0) is 54.7 Å². The topological polar surface area (TPSA) is 84.9 Å². The van der Waals surface area contributed by atoms with Crippen molar-refractivity contribution in [1.29, 1.82) is 0 Å². The Hall–Kier alpha value is -2.00. The minimum Gasteiger partial charge on any atom is -0.493 e. The van der Waals surface area contributed by atoms with Gasteiger partial charge < -0.3 is 14.8 Å².